The monoisotopic (exact) mass is 283 g/mol. The third-order valence-electron chi connectivity index (χ3n) is 3.35. The number of urea groups is 1. The first-order valence-corrected chi connectivity index (χ1v) is 7.06. The molecule has 110 valence electrons. The summed E-state index contributed by atoms with van der Waals surface area (Å²) >= 11 is 0. The summed E-state index contributed by atoms with van der Waals surface area (Å²) in [5, 5.41) is 8.66. The lowest BCUT2D eigenvalue weighted by Gasteiger charge is -2.14. The van der Waals surface area contributed by atoms with Gasteiger partial charge in [0, 0.05) is 25.0 Å². The van der Waals surface area contributed by atoms with Crippen molar-refractivity contribution in [1.82, 2.24) is 5.32 Å². The molecule has 0 spiro atoms. The van der Waals surface area contributed by atoms with Gasteiger partial charge in [-0.25, -0.2) is 4.79 Å². The second kappa shape index (κ2) is 7.33. The number of anilines is 2. The highest BCUT2D eigenvalue weighted by atomic mass is 16.2. The Kier molecular flexibility index (Phi) is 5.21. The molecule has 0 bridgehead atoms. The molecule has 4 heteroatoms. The maximum absolute atomic E-state index is 11.2. The Morgan fingerprint density at radius 3 is 2.24 bits per heavy atom. The zero-order valence-corrected chi connectivity index (χ0v) is 12.4. The van der Waals surface area contributed by atoms with E-state index in [4.69, 9.17) is 0 Å². The van der Waals surface area contributed by atoms with Crippen LogP contribution in [0.1, 0.15) is 18.4 Å². The Hall–Kier alpha value is -2.49. The van der Waals surface area contributed by atoms with E-state index >= 15 is 0 Å². The van der Waals surface area contributed by atoms with Crippen LogP contribution in [0.25, 0.3) is 0 Å². The van der Waals surface area contributed by atoms with E-state index < -0.39 is 0 Å². The predicted octanol–water partition coefficient (Wildman–Crippen LogP) is 3.65. The molecule has 2 amide bonds. The number of carbonyl (C=O) groups excluding carboxylic acids is 1. The van der Waals surface area contributed by atoms with Crippen LogP contribution in [-0.2, 0) is 0 Å². The van der Waals surface area contributed by atoms with Crippen molar-refractivity contribution >= 4 is 17.4 Å². The molecule has 1 atom stereocenters. The van der Waals surface area contributed by atoms with Gasteiger partial charge in [0.2, 0.25) is 0 Å². The van der Waals surface area contributed by atoms with E-state index in [1.807, 2.05) is 30.3 Å². The number of hydrogen-bond donors (Lipinski definition) is 3. The molecule has 0 heterocycles. The molecule has 2 rings (SSSR count). The van der Waals surface area contributed by atoms with Crippen molar-refractivity contribution in [3.8, 4) is 0 Å². The molecule has 2 aromatic rings. The average Bonchev–Trinajstić information content (AvgIpc) is 2.54. The minimum atomic E-state index is -0.214. The summed E-state index contributed by atoms with van der Waals surface area (Å²) in [5.41, 5.74) is 3.14. The lowest BCUT2D eigenvalue weighted by atomic mass is 10.0. The summed E-state index contributed by atoms with van der Waals surface area (Å²) in [4.78, 5) is 11.2. The number of benzene rings is 2. The molecule has 3 N–H and O–H groups in total. The van der Waals surface area contributed by atoms with Crippen LogP contribution >= 0.6 is 0 Å². The van der Waals surface area contributed by atoms with Crippen molar-refractivity contribution < 1.29 is 4.79 Å². The third-order valence-corrected chi connectivity index (χ3v) is 3.35. The Bertz CT molecular complexity index is 566. The summed E-state index contributed by atoms with van der Waals surface area (Å²) in [6, 6.07) is 17.9. The van der Waals surface area contributed by atoms with Gasteiger partial charge < -0.3 is 16.0 Å². The molecule has 0 saturated heterocycles. The smallest absolute Gasteiger partial charge is 0.318 e. The van der Waals surface area contributed by atoms with Gasteiger partial charge in [0.25, 0.3) is 0 Å². The van der Waals surface area contributed by atoms with Crippen molar-refractivity contribution in [3.05, 3.63) is 60.2 Å². The fourth-order valence-electron chi connectivity index (χ4n) is 2.04. The van der Waals surface area contributed by atoms with Gasteiger partial charge in [0.1, 0.15) is 0 Å². The molecular weight excluding hydrogens is 262 g/mol. The quantitative estimate of drug-likeness (QED) is 0.784. The Morgan fingerprint density at radius 2 is 1.62 bits per heavy atom. The summed E-state index contributed by atoms with van der Waals surface area (Å²) in [6.45, 7) is 3.07. The van der Waals surface area contributed by atoms with Crippen molar-refractivity contribution in [3.63, 3.8) is 0 Å². The van der Waals surface area contributed by atoms with Crippen LogP contribution in [0.15, 0.2) is 54.6 Å². The minimum absolute atomic E-state index is 0.214. The Morgan fingerprint density at radius 1 is 1.00 bits per heavy atom. The van der Waals surface area contributed by atoms with Gasteiger partial charge >= 0.3 is 6.03 Å². The maximum atomic E-state index is 11.2. The highest BCUT2D eigenvalue weighted by molar-refractivity contribution is 5.89. The van der Waals surface area contributed by atoms with Crippen molar-refractivity contribution in [2.75, 3.05) is 24.2 Å². The van der Waals surface area contributed by atoms with E-state index in [2.05, 4.69) is 47.1 Å². The molecule has 0 aliphatic heterocycles. The largest absolute Gasteiger partial charge is 0.384 e. The molecule has 0 fully saturated rings. The second-order valence-corrected chi connectivity index (χ2v) is 4.97. The standard InChI is InChI=1S/C17H21N3O/c1-13(14-6-4-3-5-7-14)12-19-15-8-10-16(11-9-15)20-17(21)18-2/h3-11,13,19H,12H2,1-2H3,(H2,18,20,21). The zero-order valence-electron chi connectivity index (χ0n) is 12.4. The zero-order chi connectivity index (χ0) is 15.1. The van der Waals surface area contributed by atoms with Crippen molar-refractivity contribution in [2.45, 2.75) is 12.8 Å². The molecule has 0 aliphatic rings. The van der Waals surface area contributed by atoms with E-state index in [1.54, 1.807) is 7.05 Å². The summed E-state index contributed by atoms with van der Waals surface area (Å²) in [5.74, 6) is 0.440. The first-order valence-electron chi connectivity index (χ1n) is 7.06. The van der Waals surface area contributed by atoms with E-state index in [9.17, 15) is 4.79 Å². The molecule has 0 saturated carbocycles. The van der Waals surface area contributed by atoms with E-state index in [0.29, 0.717) is 5.92 Å². The van der Waals surface area contributed by atoms with Crippen LogP contribution in [0.5, 0.6) is 0 Å². The topological polar surface area (TPSA) is 53.2 Å². The van der Waals surface area contributed by atoms with Crippen LogP contribution < -0.4 is 16.0 Å². The highest BCUT2D eigenvalue weighted by Crippen LogP contribution is 2.17. The van der Waals surface area contributed by atoms with Crippen LogP contribution in [-0.4, -0.2) is 19.6 Å². The first kappa shape index (κ1) is 14.9. The van der Waals surface area contributed by atoms with Crippen LogP contribution in [0, 0.1) is 0 Å². The molecular formula is C17H21N3O. The molecule has 1 unspecified atom stereocenters. The van der Waals surface area contributed by atoms with Gasteiger partial charge in [-0.1, -0.05) is 37.3 Å². The minimum Gasteiger partial charge on any atom is -0.384 e. The van der Waals surface area contributed by atoms with Crippen LogP contribution in [0.4, 0.5) is 16.2 Å². The lowest BCUT2D eigenvalue weighted by Crippen LogP contribution is -2.24. The van der Waals surface area contributed by atoms with Crippen LogP contribution in [0.3, 0.4) is 0 Å². The molecule has 2 aromatic carbocycles. The molecule has 0 aromatic heterocycles. The molecule has 0 aliphatic carbocycles. The molecule has 4 nitrogen and oxygen atoms in total. The van der Waals surface area contributed by atoms with Gasteiger partial charge in [-0.05, 0) is 35.7 Å². The van der Waals surface area contributed by atoms with Gasteiger partial charge in [-0.3, -0.25) is 0 Å². The number of carbonyl (C=O) groups is 1. The molecule has 0 radical (unpaired) electrons. The average molecular weight is 283 g/mol. The van der Waals surface area contributed by atoms with E-state index in [0.717, 1.165) is 17.9 Å². The number of nitrogens with one attached hydrogen (secondary N) is 3. The van der Waals surface area contributed by atoms with E-state index in [1.165, 1.54) is 5.56 Å². The predicted molar refractivity (Wildman–Crippen MR) is 87.9 cm³/mol. The fourth-order valence-corrected chi connectivity index (χ4v) is 2.04. The second-order valence-electron chi connectivity index (χ2n) is 4.97. The summed E-state index contributed by atoms with van der Waals surface area (Å²) in [6.07, 6.45) is 0. The van der Waals surface area contributed by atoms with Gasteiger partial charge in [-0.2, -0.15) is 0 Å². The van der Waals surface area contributed by atoms with Crippen molar-refractivity contribution in [1.29, 1.82) is 0 Å². The van der Waals surface area contributed by atoms with E-state index in [-0.39, 0.29) is 6.03 Å². The number of amides is 2. The van der Waals surface area contributed by atoms with Gasteiger partial charge in [0.15, 0.2) is 0 Å². The van der Waals surface area contributed by atoms with Gasteiger partial charge in [-0.15, -0.1) is 0 Å². The summed E-state index contributed by atoms with van der Waals surface area (Å²) in [7, 11) is 1.59. The maximum Gasteiger partial charge on any atom is 0.318 e. The number of hydrogen-bond acceptors (Lipinski definition) is 2. The van der Waals surface area contributed by atoms with Gasteiger partial charge in [0.05, 0.1) is 0 Å². The van der Waals surface area contributed by atoms with Crippen LogP contribution in [0.2, 0.25) is 0 Å². The SMILES string of the molecule is CNC(=O)Nc1ccc(NCC(C)c2ccccc2)cc1. The number of rotatable bonds is 5. The first-order chi connectivity index (χ1) is 10.2. The lowest BCUT2D eigenvalue weighted by molar-refractivity contribution is 0.254. The third kappa shape index (κ3) is 4.53. The Labute approximate surface area is 125 Å². The highest BCUT2D eigenvalue weighted by Gasteiger charge is 2.04. The van der Waals surface area contributed by atoms with Crippen molar-refractivity contribution in [2.24, 2.45) is 0 Å². The Balaban J connectivity index is 1.87. The normalized spacial score (nSPS) is 11.5. The fraction of sp³-hybridized carbons (Fsp3) is 0.235. The summed E-state index contributed by atoms with van der Waals surface area (Å²) < 4.78 is 0. The molecule has 21 heavy (non-hydrogen) atoms.